The normalized spacial score (nSPS) is 18.6. The minimum absolute atomic E-state index is 0.797. The lowest BCUT2D eigenvalue weighted by Gasteiger charge is -2.21. The molecule has 1 saturated carbocycles. The van der Waals surface area contributed by atoms with E-state index in [1.807, 2.05) is 6.08 Å². The van der Waals surface area contributed by atoms with Crippen LogP contribution < -0.4 is 10.1 Å². The van der Waals surface area contributed by atoms with Crippen LogP contribution in [0.3, 0.4) is 0 Å². The Hall–Kier alpha value is -1.28. The Bertz CT molecular complexity index is 435. The van der Waals surface area contributed by atoms with E-state index in [1.165, 1.54) is 29.5 Å². The van der Waals surface area contributed by atoms with Gasteiger partial charge in [-0.2, -0.15) is 0 Å². The average Bonchev–Trinajstić information content (AvgIpc) is 3.19. The van der Waals surface area contributed by atoms with Crippen LogP contribution in [0, 0.1) is 5.92 Å². The highest BCUT2D eigenvalue weighted by molar-refractivity contribution is 5.62. The van der Waals surface area contributed by atoms with Crippen molar-refractivity contribution in [1.29, 1.82) is 0 Å². The maximum Gasteiger partial charge on any atom is 0.126 e. The lowest BCUT2D eigenvalue weighted by atomic mass is 9.94. The summed E-state index contributed by atoms with van der Waals surface area (Å²) in [6, 6.07) is 4.29. The van der Waals surface area contributed by atoms with E-state index in [0.717, 1.165) is 37.8 Å². The zero-order chi connectivity index (χ0) is 11.7. The first-order valence-corrected chi connectivity index (χ1v) is 6.49. The van der Waals surface area contributed by atoms with Crippen molar-refractivity contribution in [3.05, 3.63) is 35.4 Å². The fourth-order valence-electron chi connectivity index (χ4n) is 2.43. The molecular weight excluding hydrogens is 210 g/mol. The molecule has 90 valence electrons. The summed E-state index contributed by atoms with van der Waals surface area (Å²) in [6.07, 6.45) is 5.69. The highest BCUT2D eigenvalue weighted by atomic mass is 16.5. The van der Waals surface area contributed by atoms with E-state index in [0.29, 0.717) is 0 Å². The van der Waals surface area contributed by atoms with Crippen molar-refractivity contribution in [2.75, 3.05) is 13.2 Å². The molecule has 1 aliphatic carbocycles. The molecule has 0 amide bonds. The summed E-state index contributed by atoms with van der Waals surface area (Å²) in [6.45, 7) is 6.84. The third kappa shape index (κ3) is 2.22. The van der Waals surface area contributed by atoms with Crippen molar-refractivity contribution in [3.63, 3.8) is 0 Å². The molecule has 17 heavy (non-hydrogen) atoms. The number of hydrogen-bond acceptors (Lipinski definition) is 2. The Balaban J connectivity index is 1.88. The van der Waals surface area contributed by atoms with Crippen molar-refractivity contribution < 1.29 is 4.74 Å². The molecule has 0 unspecified atom stereocenters. The van der Waals surface area contributed by atoms with Crippen LogP contribution in [0.2, 0.25) is 0 Å². The summed E-state index contributed by atoms with van der Waals surface area (Å²) < 4.78 is 5.93. The summed E-state index contributed by atoms with van der Waals surface area (Å²) in [4.78, 5) is 0. The number of fused-ring (bicyclic) bond motifs is 1. The molecule has 0 spiro atoms. The fourth-order valence-corrected chi connectivity index (χ4v) is 2.43. The van der Waals surface area contributed by atoms with Gasteiger partial charge in [-0.3, -0.25) is 0 Å². The number of ether oxygens (including phenoxy) is 1. The molecule has 0 aromatic heterocycles. The van der Waals surface area contributed by atoms with E-state index in [1.54, 1.807) is 0 Å². The summed E-state index contributed by atoms with van der Waals surface area (Å²) >= 11 is 0. The Morgan fingerprint density at radius 2 is 2.29 bits per heavy atom. The summed E-state index contributed by atoms with van der Waals surface area (Å²) in [5.41, 5.74) is 4.03. The second-order valence-electron chi connectivity index (χ2n) is 5.00. The van der Waals surface area contributed by atoms with Gasteiger partial charge >= 0.3 is 0 Å². The van der Waals surface area contributed by atoms with Crippen LogP contribution in [0.4, 0.5) is 0 Å². The first-order chi connectivity index (χ1) is 8.38. The second kappa shape index (κ2) is 4.53. The Morgan fingerprint density at radius 1 is 1.41 bits per heavy atom. The van der Waals surface area contributed by atoms with Crippen LogP contribution in [0.15, 0.2) is 18.7 Å². The molecule has 1 heterocycles. The van der Waals surface area contributed by atoms with Crippen LogP contribution in [-0.2, 0) is 13.0 Å². The molecule has 1 N–H and O–H groups in total. The third-order valence-electron chi connectivity index (χ3n) is 3.66. The molecular formula is C15H19NO. The van der Waals surface area contributed by atoms with Crippen molar-refractivity contribution in [1.82, 2.24) is 5.32 Å². The number of rotatable bonds is 4. The van der Waals surface area contributed by atoms with Crippen molar-refractivity contribution in [3.8, 4) is 5.75 Å². The summed E-state index contributed by atoms with van der Waals surface area (Å²) in [7, 11) is 0. The van der Waals surface area contributed by atoms with Gasteiger partial charge in [0.05, 0.1) is 6.61 Å². The molecule has 0 bridgehead atoms. The smallest absolute Gasteiger partial charge is 0.126 e. The van der Waals surface area contributed by atoms with E-state index < -0.39 is 0 Å². The molecule has 1 fully saturated rings. The minimum atomic E-state index is 0.797. The standard InChI is InChI=1S/C15H19NO/c1-2-13-14-7-8-16-9-12(14)5-6-15(13)17-10-11-3-4-11/h2,5-6,11,16H,1,3-4,7-10H2. The van der Waals surface area contributed by atoms with E-state index >= 15 is 0 Å². The van der Waals surface area contributed by atoms with Gasteiger partial charge in [0.15, 0.2) is 0 Å². The largest absolute Gasteiger partial charge is 0.493 e. The van der Waals surface area contributed by atoms with Crippen molar-refractivity contribution in [2.45, 2.75) is 25.8 Å². The van der Waals surface area contributed by atoms with Gasteiger partial charge in [0.25, 0.3) is 0 Å². The Labute approximate surface area is 103 Å². The Kier molecular flexibility index (Phi) is 2.89. The maximum atomic E-state index is 5.93. The van der Waals surface area contributed by atoms with Crippen LogP contribution in [-0.4, -0.2) is 13.2 Å². The molecule has 0 saturated heterocycles. The van der Waals surface area contributed by atoms with Crippen LogP contribution in [0.1, 0.15) is 29.5 Å². The number of benzene rings is 1. The monoisotopic (exact) mass is 229 g/mol. The highest BCUT2D eigenvalue weighted by Gasteiger charge is 2.23. The van der Waals surface area contributed by atoms with Gasteiger partial charge in [0.2, 0.25) is 0 Å². The first-order valence-electron chi connectivity index (χ1n) is 6.49. The SMILES string of the molecule is C=Cc1c(OCC2CC2)ccc2c1CCNC2. The molecule has 1 aromatic rings. The van der Waals surface area contributed by atoms with Crippen molar-refractivity contribution >= 4 is 6.08 Å². The molecule has 2 heteroatoms. The van der Waals surface area contributed by atoms with Crippen LogP contribution in [0.5, 0.6) is 5.75 Å². The quantitative estimate of drug-likeness (QED) is 0.857. The predicted octanol–water partition coefficient (Wildman–Crippen LogP) is 2.76. The van der Waals surface area contributed by atoms with E-state index in [9.17, 15) is 0 Å². The second-order valence-corrected chi connectivity index (χ2v) is 5.00. The van der Waals surface area contributed by atoms with Gasteiger partial charge < -0.3 is 10.1 Å². The van der Waals surface area contributed by atoms with E-state index in [-0.39, 0.29) is 0 Å². The summed E-state index contributed by atoms with van der Waals surface area (Å²) in [5.74, 6) is 1.82. The number of nitrogens with one attached hydrogen (secondary N) is 1. The average molecular weight is 229 g/mol. The number of hydrogen-bond donors (Lipinski definition) is 1. The molecule has 0 radical (unpaired) electrons. The molecule has 1 aromatic carbocycles. The summed E-state index contributed by atoms with van der Waals surface area (Å²) in [5, 5.41) is 3.40. The van der Waals surface area contributed by atoms with Crippen LogP contribution >= 0.6 is 0 Å². The molecule has 1 aliphatic heterocycles. The van der Waals surface area contributed by atoms with Gasteiger partial charge in [-0.15, -0.1) is 0 Å². The molecule has 2 aliphatic rings. The van der Waals surface area contributed by atoms with Crippen LogP contribution in [0.25, 0.3) is 6.08 Å². The van der Waals surface area contributed by atoms with E-state index in [2.05, 4.69) is 24.0 Å². The van der Waals surface area contributed by atoms with Gasteiger partial charge in [-0.25, -0.2) is 0 Å². The third-order valence-corrected chi connectivity index (χ3v) is 3.66. The maximum absolute atomic E-state index is 5.93. The zero-order valence-electron chi connectivity index (χ0n) is 10.2. The van der Waals surface area contributed by atoms with Gasteiger partial charge in [-0.1, -0.05) is 18.7 Å². The lowest BCUT2D eigenvalue weighted by Crippen LogP contribution is -2.24. The Morgan fingerprint density at radius 3 is 3.06 bits per heavy atom. The van der Waals surface area contributed by atoms with E-state index in [4.69, 9.17) is 4.74 Å². The van der Waals surface area contributed by atoms with Gasteiger partial charge in [0, 0.05) is 12.1 Å². The molecule has 3 rings (SSSR count). The molecule has 0 atom stereocenters. The lowest BCUT2D eigenvalue weighted by molar-refractivity contribution is 0.298. The van der Waals surface area contributed by atoms with Gasteiger partial charge in [0.1, 0.15) is 5.75 Å². The fraction of sp³-hybridized carbons (Fsp3) is 0.467. The molecule has 2 nitrogen and oxygen atoms in total. The highest BCUT2D eigenvalue weighted by Crippen LogP contribution is 2.33. The topological polar surface area (TPSA) is 21.3 Å². The van der Waals surface area contributed by atoms with Crippen molar-refractivity contribution in [2.24, 2.45) is 5.92 Å². The minimum Gasteiger partial charge on any atom is -0.493 e. The first kappa shape index (κ1) is 10.8. The zero-order valence-corrected chi connectivity index (χ0v) is 10.2. The van der Waals surface area contributed by atoms with Gasteiger partial charge in [-0.05, 0) is 48.9 Å². The predicted molar refractivity (Wildman–Crippen MR) is 70.2 cm³/mol.